The third-order valence-electron chi connectivity index (χ3n) is 3.62. The van der Waals surface area contributed by atoms with Crippen LogP contribution in [0.5, 0.6) is 11.5 Å². The summed E-state index contributed by atoms with van der Waals surface area (Å²) in [6.45, 7) is -0.0489. The van der Waals surface area contributed by atoms with Crippen molar-refractivity contribution in [2.45, 2.75) is 12.2 Å². The molecule has 0 saturated carbocycles. The zero-order chi connectivity index (χ0) is 16.7. The fraction of sp³-hybridized carbons (Fsp3) is 0.267. The molecule has 0 bridgehead atoms. The van der Waals surface area contributed by atoms with E-state index in [9.17, 15) is 24.6 Å². The average molecular weight is 320 g/mol. The number of ether oxygens (including phenoxy) is 3. The van der Waals surface area contributed by atoms with Gasteiger partial charge in [-0.25, -0.2) is 4.79 Å². The van der Waals surface area contributed by atoms with E-state index in [-0.39, 0.29) is 29.2 Å². The first kappa shape index (κ1) is 15.2. The molecule has 1 aliphatic heterocycles. The van der Waals surface area contributed by atoms with Crippen molar-refractivity contribution in [1.82, 2.24) is 0 Å². The Hall–Kier alpha value is -2.71. The monoisotopic (exact) mass is 320 g/mol. The Morgan fingerprint density at radius 1 is 1.17 bits per heavy atom. The van der Waals surface area contributed by atoms with E-state index in [1.54, 1.807) is 0 Å². The number of esters is 1. The van der Waals surface area contributed by atoms with Gasteiger partial charge in [-0.15, -0.1) is 0 Å². The van der Waals surface area contributed by atoms with Crippen molar-refractivity contribution in [3.05, 3.63) is 29.3 Å². The average Bonchev–Trinajstić information content (AvgIpc) is 3.01. The molecule has 2 atom stereocenters. The quantitative estimate of drug-likeness (QED) is 0.697. The molecule has 2 aliphatic rings. The van der Waals surface area contributed by atoms with Gasteiger partial charge < -0.3 is 24.4 Å². The molecule has 0 unspecified atom stereocenters. The number of methoxy groups -OCH3 is 1. The van der Waals surface area contributed by atoms with Crippen LogP contribution in [0.2, 0.25) is 0 Å². The summed E-state index contributed by atoms with van der Waals surface area (Å²) in [5.74, 6) is -1.87. The van der Waals surface area contributed by atoms with Crippen LogP contribution in [0.15, 0.2) is 18.2 Å². The van der Waals surface area contributed by atoms with Crippen LogP contribution in [0.1, 0.15) is 15.9 Å². The van der Waals surface area contributed by atoms with Gasteiger partial charge in [-0.1, -0.05) is 0 Å². The zero-order valence-corrected chi connectivity index (χ0v) is 11.9. The number of carbonyl (C=O) groups excluding carboxylic acids is 3. The molecule has 0 fully saturated rings. The molecule has 0 radical (unpaired) electrons. The van der Waals surface area contributed by atoms with E-state index in [4.69, 9.17) is 9.47 Å². The van der Waals surface area contributed by atoms with Crippen molar-refractivity contribution in [3.63, 3.8) is 0 Å². The first-order valence-corrected chi connectivity index (χ1v) is 6.62. The molecule has 3 rings (SSSR count). The maximum absolute atomic E-state index is 12.2. The molecule has 1 aromatic carbocycles. The second-order valence-corrected chi connectivity index (χ2v) is 4.96. The Kier molecular flexibility index (Phi) is 3.63. The summed E-state index contributed by atoms with van der Waals surface area (Å²) in [4.78, 5) is 35.9. The van der Waals surface area contributed by atoms with Gasteiger partial charge in [0.2, 0.25) is 6.79 Å². The van der Waals surface area contributed by atoms with E-state index in [2.05, 4.69) is 4.74 Å². The minimum Gasteiger partial charge on any atom is -0.465 e. The number of rotatable bonds is 2. The molecule has 0 spiro atoms. The van der Waals surface area contributed by atoms with Gasteiger partial charge in [0.15, 0.2) is 29.2 Å². The molecule has 1 aliphatic carbocycles. The predicted molar refractivity (Wildman–Crippen MR) is 73.9 cm³/mol. The third kappa shape index (κ3) is 2.37. The standard InChI is InChI=1S/C15H12O8/c1-21-15(20)8-4-11-10(22-5-23-11)3-6(8)7-2-9(16)13(18)14(19)12(7)17/h2-4,13-14,18-19H,5H2,1H3/t13-,14+/m0/s1. The fourth-order valence-electron chi connectivity index (χ4n) is 2.41. The molecule has 2 N–H and O–H groups in total. The van der Waals surface area contributed by atoms with Gasteiger partial charge in [0.05, 0.1) is 12.7 Å². The lowest BCUT2D eigenvalue weighted by atomic mass is 9.86. The topological polar surface area (TPSA) is 119 Å². The van der Waals surface area contributed by atoms with Crippen molar-refractivity contribution in [2.75, 3.05) is 13.9 Å². The van der Waals surface area contributed by atoms with Gasteiger partial charge in [0, 0.05) is 11.1 Å². The molecule has 23 heavy (non-hydrogen) atoms. The van der Waals surface area contributed by atoms with Crippen LogP contribution < -0.4 is 9.47 Å². The zero-order valence-electron chi connectivity index (χ0n) is 11.9. The Labute approximate surface area is 129 Å². The summed E-state index contributed by atoms with van der Waals surface area (Å²) in [5, 5.41) is 19.2. The summed E-state index contributed by atoms with van der Waals surface area (Å²) >= 11 is 0. The number of ketones is 2. The molecule has 1 heterocycles. The molecule has 8 heteroatoms. The highest BCUT2D eigenvalue weighted by atomic mass is 16.7. The first-order chi connectivity index (χ1) is 10.9. The maximum atomic E-state index is 12.2. The first-order valence-electron chi connectivity index (χ1n) is 6.62. The van der Waals surface area contributed by atoms with Crippen LogP contribution >= 0.6 is 0 Å². The van der Waals surface area contributed by atoms with E-state index in [0.717, 1.165) is 13.2 Å². The number of fused-ring (bicyclic) bond motifs is 1. The Balaban J connectivity index is 2.19. The molecule has 0 saturated heterocycles. The Morgan fingerprint density at radius 2 is 1.83 bits per heavy atom. The van der Waals surface area contributed by atoms with Crippen molar-refractivity contribution < 1.29 is 38.8 Å². The number of Topliss-reactive ketones (excluding diaryl/α,β-unsaturated/α-hetero) is 1. The van der Waals surface area contributed by atoms with Crippen molar-refractivity contribution in [1.29, 1.82) is 0 Å². The summed E-state index contributed by atoms with van der Waals surface area (Å²) in [6.07, 6.45) is -2.82. The van der Waals surface area contributed by atoms with Gasteiger partial charge in [0.1, 0.15) is 6.10 Å². The number of aliphatic hydroxyl groups is 2. The van der Waals surface area contributed by atoms with Crippen LogP contribution in [0, 0.1) is 0 Å². The summed E-state index contributed by atoms with van der Waals surface area (Å²) in [7, 11) is 1.16. The van der Waals surface area contributed by atoms with Gasteiger partial charge in [0.25, 0.3) is 0 Å². The van der Waals surface area contributed by atoms with E-state index in [1.165, 1.54) is 12.1 Å². The van der Waals surface area contributed by atoms with E-state index in [1.807, 2.05) is 0 Å². The molecule has 8 nitrogen and oxygen atoms in total. The van der Waals surface area contributed by atoms with Crippen LogP contribution in [-0.2, 0) is 14.3 Å². The minimum absolute atomic E-state index is 0.0206. The number of carbonyl (C=O) groups is 3. The van der Waals surface area contributed by atoms with Crippen LogP contribution in [0.25, 0.3) is 5.57 Å². The van der Waals surface area contributed by atoms with E-state index >= 15 is 0 Å². The third-order valence-corrected chi connectivity index (χ3v) is 3.62. The van der Waals surface area contributed by atoms with Gasteiger partial charge in [-0.3, -0.25) is 9.59 Å². The van der Waals surface area contributed by atoms with Crippen LogP contribution in [0.3, 0.4) is 0 Å². The SMILES string of the molecule is COC(=O)c1cc2c(cc1C1=CC(=O)[C@H](O)[C@H](O)C1=O)OCO2. The lowest BCUT2D eigenvalue weighted by Crippen LogP contribution is -2.43. The highest BCUT2D eigenvalue weighted by molar-refractivity contribution is 6.32. The number of benzene rings is 1. The van der Waals surface area contributed by atoms with Crippen LogP contribution in [0.4, 0.5) is 0 Å². The van der Waals surface area contributed by atoms with Crippen LogP contribution in [-0.4, -0.2) is 53.9 Å². The highest BCUT2D eigenvalue weighted by Gasteiger charge is 2.38. The molecule has 120 valence electrons. The van der Waals surface area contributed by atoms with Gasteiger partial charge >= 0.3 is 5.97 Å². The van der Waals surface area contributed by atoms with E-state index in [0.29, 0.717) is 5.75 Å². The second-order valence-electron chi connectivity index (χ2n) is 4.96. The molecule has 0 amide bonds. The predicted octanol–water partition coefficient (Wildman–Crippen LogP) is -0.541. The molecular formula is C15H12O8. The Bertz CT molecular complexity index is 748. The second kappa shape index (κ2) is 5.49. The number of hydrogen-bond acceptors (Lipinski definition) is 8. The van der Waals surface area contributed by atoms with Gasteiger partial charge in [-0.05, 0) is 18.2 Å². The summed E-state index contributed by atoms with van der Waals surface area (Å²) in [6, 6.07) is 2.69. The molecule has 0 aromatic heterocycles. The lowest BCUT2D eigenvalue weighted by Gasteiger charge is -2.22. The van der Waals surface area contributed by atoms with Crippen molar-refractivity contribution >= 4 is 23.1 Å². The summed E-state index contributed by atoms with van der Waals surface area (Å²) < 4.78 is 15.0. The maximum Gasteiger partial charge on any atom is 0.338 e. The summed E-state index contributed by atoms with van der Waals surface area (Å²) in [5.41, 5.74) is -0.162. The minimum atomic E-state index is -1.89. The largest absolute Gasteiger partial charge is 0.465 e. The lowest BCUT2D eigenvalue weighted by molar-refractivity contribution is -0.138. The van der Waals surface area contributed by atoms with Crippen molar-refractivity contribution in [3.8, 4) is 11.5 Å². The number of hydrogen-bond donors (Lipinski definition) is 2. The van der Waals surface area contributed by atoms with Crippen molar-refractivity contribution in [2.24, 2.45) is 0 Å². The van der Waals surface area contributed by atoms with Gasteiger partial charge in [-0.2, -0.15) is 0 Å². The van der Waals surface area contributed by atoms with E-state index < -0.39 is 29.7 Å². The number of aliphatic hydroxyl groups excluding tert-OH is 2. The Morgan fingerprint density at radius 3 is 2.48 bits per heavy atom. The highest BCUT2D eigenvalue weighted by Crippen LogP contribution is 2.38. The smallest absolute Gasteiger partial charge is 0.338 e. The fourth-order valence-corrected chi connectivity index (χ4v) is 2.41. The normalized spacial score (nSPS) is 22.8. The molecular weight excluding hydrogens is 308 g/mol. The molecule has 1 aromatic rings.